The third kappa shape index (κ3) is 3.29. The quantitative estimate of drug-likeness (QED) is 0.938. The van der Waals surface area contributed by atoms with Crippen molar-refractivity contribution in [2.24, 2.45) is 5.92 Å². The predicted molar refractivity (Wildman–Crippen MR) is 83.0 cm³/mol. The molecular weight excluding hydrogens is 262 g/mol. The molecule has 0 aliphatic carbocycles. The molecule has 1 saturated heterocycles. The van der Waals surface area contributed by atoms with Crippen LogP contribution in [0.15, 0.2) is 18.5 Å². The normalized spacial score (nSPS) is 19.5. The molecule has 21 heavy (non-hydrogen) atoms. The van der Waals surface area contributed by atoms with E-state index in [1.807, 2.05) is 13.1 Å². The van der Waals surface area contributed by atoms with E-state index < -0.39 is 0 Å². The molecule has 1 N–H and O–H groups in total. The van der Waals surface area contributed by atoms with E-state index in [0.29, 0.717) is 5.92 Å². The Bertz CT molecular complexity index is 591. The average molecular weight is 285 g/mol. The van der Waals surface area contributed by atoms with Gasteiger partial charge in [-0.05, 0) is 31.9 Å². The van der Waals surface area contributed by atoms with Crippen LogP contribution in [-0.2, 0) is 0 Å². The van der Waals surface area contributed by atoms with Crippen LogP contribution in [0.3, 0.4) is 0 Å². The Hall–Kier alpha value is -1.75. The van der Waals surface area contributed by atoms with Gasteiger partial charge in [0.05, 0.1) is 0 Å². The third-order valence-electron chi connectivity index (χ3n) is 3.91. The lowest BCUT2D eigenvalue weighted by Crippen LogP contribution is -2.25. The second kappa shape index (κ2) is 5.93. The Morgan fingerprint density at radius 2 is 2.24 bits per heavy atom. The highest BCUT2D eigenvalue weighted by atomic mass is 15.1. The number of nitrogens with zero attached hydrogens (tertiary/aromatic N) is 4. The van der Waals surface area contributed by atoms with Crippen molar-refractivity contribution in [3.8, 4) is 11.5 Å². The molecule has 0 aromatic carbocycles. The number of H-pyrrole nitrogens is 1. The van der Waals surface area contributed by atoms with Crippen LogP contribution in [-0.4, -0.2) is 44.5 Å². The largest absolute Gasteiger partial charge is 0.343 e. The van der Waals surface area contributed by atoms with Crippen molar-refractivity contribution in [2.45, 2.75) is 33.1 Å². The molecule has 2 aromatic rings. The molecule has 5 nitrogen and oxygen atoms in total. The van der Waals surface area contributed by atoms with Gasteiger partial charge in [-0.25, -0.2) is 15.0 Å². The van der Waals surface area contributed by atoms with E-state index in [9.17, 15) is 0 Å². The Balaban J connectivity index is 1.80. The first-order chi connectivity index (χ1) is 10.1. The molecule has 1 atom stereocenters. The lowest BCUT2D eigenvalue weighted by molar-refractivity contribution is 0.294. The van der Waals surface area contributed by atoms with Gasteiger partial charge in [0.25, 0.3) is 0 Å². The van der Waals surface area contributed by atoms with Crippen molar-refractivity contribution in [1.82, 2.24) is 24.8 Å². The van der Waals surface area contributed by atoms with Crippen LogP contribution in [0.25, 0.3) is 11.5 Å². The minimum atomic E-state index is 0.513. The number of nitrogens with one attached hydrogen (secondary N) is 1. The van der Waals surface area contributed by atoms with Gasteiger partial charge in [-0.3, -0.25) is 0 Å². The zero-order chi connectivity index (χ0) is 14.8. The average Bonchev–Trinajstić information content (AvgIpc) is 3.08. The van der Waals surface area contributed by atoms with Crippen LogP contribution in [0.5, 0.6) is 0 Å². The molecule has 3 rings (SSSR count). The molecule has 0 spiro atoms. The fourth-order valence-electron chi connectivity index (χ4n) is 3.08. The Morgan fingerprint density at radius 3 is 2.95 bits per heavy atom. The molecular formula is C16H23N5. The molecule has 1 fully saturated rings. The number of aromatic amines is 1. The molecule has 0 saturated carbocycles. The van der Waals surface area contributed by atoms with Gasteiger partial charge in [-0.1, -0.05) is 13.8 Å². The number of aryl methyl sites for hydroxylation is 1. The molecule has 0 bridgehead atoms. The molecule has 1 aliphatic rings. The summed E-state index contributed by atoms with van der Waals surface area (Å²) in [5.41, 5.74) is 2.05. The van der Waals surface area contributed by atoms with E-state index in [4.69, 9.17) is 0 Å². The molecule has 0 radical (unpaired) electrons. The number of hydrogen-bond acceptors (Lipinski definition) is 4. The van der Waals surface area contributed by atoms with Gasteiger partial charge >= 0.3 is 0 Å². The topological polar surface area (TPSA) is 57.7 Å². The summed E-state index contributed by atoms with van der Waals surface area (Å²) in [4.78, 5) is 19.1. The third-order valence-corrected chi connectivity index (χ3v) is 3.91. The Kier molecular flexibility index (Phi) is 4.01. The zero-order valence-corrected chi connectivity index (χ0v) is 13.0. The molecule has 112 valence electrons. The van der Waals surface area contributed by atoms with E-state index in [1.165, 1.54) is 19.5 Å². The highest BCUT2D eigenvalue weighted by Gasteiger charge is 2.26. The summed E-state index contributed by atoms with van der Waals surface area (Å²) in [6.45, 7) is 9.95. The summed E-state index contributed by atoms with van der Waals surface area (Å²) in [6, 6.07) is 2.09. The summed E-state index contributed by atoms with van der Waals surface area (Å²) in [5.74, 6) is 2.87. The van der Waals surface area contributed by atoms with E-state index >= 15 is 0 Å². The monoisotopic (exact) mass is 285 g/mol. The van der Waals surface area contributed by atoms with Gasteiger partial charge < -0.3 is 9.88 Å². The molecule has 1 aliphatic heterocycles. The van der Waals surface area contributed by atoms with Gasteiger partial charge in [0.2, 0.25) is 0 Å². The van der Waals surface area contributed by atoms with Gasteiger partial charge in [0.1, 0.15) is 11.5 Å². The van der Waals surface area contributed by atoms with Crippen molar-refractivity contribution in [3.05, 3.63) is 30.0 Å². The van der Waals surface area contributed by atoms with Crippen LogP contribution in [0.4, 0.5) is 0 Å². The van der Waals surface area contributed by atoms with E-state index in [-0.39, 0.29) is 0 Å². The lowest BCUT2D eigenvalue weighted by Gasteiger charge is -2.18. The number of likely N-dealkylation sites (tertiary alicyclic amines) is 1. The van der Waals surface area contributed by atoms with Crippen molar-refractivity contribution in [2.75, 3.05) is 19.6 Å². The maximum absolute atomic E-state index is 4.66. The van der Waals surface area contributed by atoms with Gasteiger partial charge in [0, 0.05) is 37.1 Å². The summed E-state index contributed by atoms with van der Waals surface area (Å²) >= 11 is 0. The predicted octanol–water partition coefficient (Wildman–Crippen LogP) is 2.62. The standard InChI is InChI=1S/C16H23N5/c1-11(2)9-21-7-4-13(10-21)14-8-15(20-12(3)19-14)16-17-5-6-18-16/h5-6,8,11,13H,4,7,9-10H2,1-3H3,(H,17,18)/t13-/m1/s1. The minimum Gasteiger partial charge on any atom is -0.343 e. The van der Waals surface area contributed by atoms with Crippen molar-refractivity contribution >= 4 is 0 Å². The summed E-state index contributed by atoms with van der Waals surface area (Å²) in [5, 5.41) is 0. The number of hydrogen-bond donors (Lipinski definition) is 1. The van der Waals surface area contributed by atoms with Crippen LogP contribution in [0.2, 0.25) is 0 Å². The zero-order valence-electron chi connectivity index (χ0n) is 13.0. The molecule has 3 heterocycles. The van der Waals surface area contributed by atoms with E-state index in [1.54, 1.807) is 6.20 Å². The van der Waals surface area contributed by atoms with Crippen LogP contribution in [0, 0.1) is 12.8 Å². The molecule has 5 heteroatoms. The van der Waals surface area contributed by atoms with Crippen molar-refractivity contribution < 1.29 is 0 Å². The van der Waals surface area contributed by atoms with Crippen molar-refractivity contribution in [3.63, 3.8) is 0 Å². The fraction of sp³-hybridized carbons (Fsp3) is 0.562. The fourth-order valence-corrected chi connectivity index (χ4v) is 3.08. The second-order valence-electron chi connectivity index (χ2n) is 6.30. The highest BCUT2D eigenvalue weighted by Crippen LogP contribution is 2.28. The molecule has 0 amide bonds. The van der Waals surface area contributed by atoms with Crippen LogP contribution >= 0.6 is 0 Å². The van der Waals surface area contributed by atoms with Crippen LogP contribution in [0.1, 0.15) is 37.7 Å². The first kappa shape index (κ1) is 14.2. The van der Waals surface area contributed by atoms with Crippen molar-refractivity contribution in [1.29, 1.82) is 0 Å². The van der Waals surface area contributed by atoms with Gasteiger partial charge in [-0.15, -0.1) is 0 Å². The Labute approximate surface area is 125 Å². The second-order valence-corrected chi connectivity index (χ2v) is 6.30. The smallest absolute Gasteiger partial charge is 0.156 e. The SMILES string of the molecule is Cc1nc(-c2ncc[nH]2)cc([C@@H]2CCN(CC(C)C)C2)n1. The van der Waals surface area contributed by atoms with Gasteiger partial charge in [-0.2, -0.15) is 0 Å². The van der Waals surface area contributed by atoms with Crippen LogP contribution < -0.4 is 0 Å². The summed E-state index contributed by atoms with van der Waals surface area (Å²) in [6.07, 6.45) is 4.76. The maximum atomic E-state index is 4.66. The minimum absolute atomic E-state index is 0.513. The van der Waals surface area contributed by atoms with E-state index in [2.05, 4.69) is 44.7 Å². The lowest BCUT2D eigenvalue weighted by atomic mass is 10.0. The number of rotatable bonds is 4. The summed E-state index contributed by atoms with van der Waals surface area (Å²) < 4.78 is 0. The Morgan fingerprint density at radius 1 is 1.38 bits per heavy atom. The number of imidazole rings is 1. The first-order valence-corrected chi connectivity index (χ1v) is 7.69. The van der Waals surface area contributed by atoms with Gasteiger partial charge in [0.15, 0.2) is 5.82 Å². The number of aromatic nitrogens is 4. The maximum Gasteiger partial charge on any atom is 0.156 e. The van der Waals surface area contributed by atoms with E-state index in [0.717, 1.165) is 35.5 Å². The summed E-state index contributed by atoms with van der Waals surface area (Å²) in [7, 11) is 0. The molecule has 2 aromatic heterocycles. The highest BCUT2D eigenvalue weighted by molar-refractivity contribution is 5.49. The molecule has 0 unspecified atom stereocenters. The first-order valence-electron chi connectivity index (χ1n) is 7.69.